The van der Waals surface area contributed by atoms with Gasteiger partial charge >= 0.3 is 0 Å². The average molecular weight is 349 g/mol. The maximum Gasteiger partial charge on any atom is 0.239 e. The maximum atomic E-state index is 12.3. The zero-order chi connectivity index (χ0) is 16.9. The molecule has 0 aliphatic carbocycles. The largest absolute Gasteiger partial charge is 0.379 e. The molecule has 24 heavy (non-hydrogen) atoms. The summed E-state index contributed by atoms with van der Waals surface area (Å²) in [7, 11) is 0. The van der Waals surface area contributed by atoms with Crippen LogP contribution >= 0.6 is 11.6 Å². The number of morpholine rings is 1. The average Bonchev–Trinajstić information content (AvgIpc) is 2.96. The summed E-state index contributed by atoms with van der Waals surface area (Å²) >= 11 is 6.02. The minimum atomic E-state index is -0.0448. The van der Waals surface area contributed by atoms with Gasteiger partial charge in [0, 0.05) is 23.7 Å². The van der Waals surface area contributed by atoms with E-state index in [1.54, 1.807) is 16.9 Å². The Labute approximate surface area is 146 Å². The fourth-order valence-corrected chi connectivity index (χ4v) is 2.95. The number of anilines is 1. The van der Waals surface area contributed by atoms with Crippen LogP contribution in [-0.2, 0) is 16.1 Å². The first kappa shape index (κ1) is 17.0. The molecular formula is C17H21ClN4O2. The second-order valence-electron chi connectivity index (χ2n) is 5.95. The quantitative estimate of drug-likeness (QED) is 0.900. The van der Waals surface area contributed by atoms with E-state index in [1.165, 1.54) is 0 Å². The van der Waals surface area contributed by atoms with Crippen LogP contribution in [0.4, 0.5) is 5.82 Å². The summed E-state index contributed by atoms with van der Waals surface area (Å²) in [5.41, 5.74) is 1.03. The Hall–Kier alpha value is -1.89. The summed E-state index contributed by atoms with van der Waals surface area (Å²) in [5.74, 6) is 0.637. The number of nitrogens with zero attached hydrogens (tertiary/aromatic N) is 3. The first-order valence-electron chi connectivity index (χ1n) is 8.00. The Balaban J connectivity index is 1.61. The van der Waals surface area contributed by atoms with Crippen LogP contribution in [0.3, 0.4) is 0 Å². The van der Waals surface area contributed by atoms with E-state index in [0.29, 0.717) is 37.1 Å². The van der Waals surface area contributed by atoms with E-state index in [4.69, 9.17) is 16.3 Å². The lowest BCUT2D eigenvalue weighted by Gasteiger charge is -2.32. The normalized spacial score (nSPS) is 18.5. The van der Waals surface area contributed by atoms with E-state index in [1.807, 2.05) is 24.3 Å². The molecule has 1 aromatic heterocycles. The summed E-state index contributed by atoms with van der Waals surface area (Å²) in [6.07, 6.45) is 1.68. The van der Waals surface area contributed by atoms with E-state index >= 15 is 0 Å². The van der Waals surface area contributed by atoms with Crippen molar-refractivity contribution in [1.82, 2.24) is 14.7 Å². The summed E-state index contributed by atoms with van der Waals surface area (Å²) in [6.45, 7) is 5.08. The second kappa shape index (κ2) is 7.79. The van der Waals surface area contributed by atoms with Crippen LogP contribution in [0.15, 0.2) is 36.5 Å². The maximum absolute atomic E-state index is 12.3. The van der Waals surface area contributed by atoms with Gasteiger partial charge in [-0.3, -0.25) is 9.69 Å². The van der Waals surface area contributed by atoms with Crippen LogP contribution in [0.25, 0.3) is 0 Å². The molecule has 1 saturated heterocycles. The van der Waals surface area contributed by atoms with Gasteiger partial charge in [-0.1, -0.05) is 23.7 Å². The molecule has 0 saturated carbocycles. The van der Waals surface area contributed by atoms with E-state index < -0.39 is 0 Å². The van der Waals surface area contributed by atoms with Crippen LogP contribution < -0.4 is 5.32 Å². The van der Waals surface area contributed by atoms with Gasteiger partial charge in [-0.25, -0.2) is 4.68 Å². The lowest BCUT2D eigenvalue weighted by atomic mass is 10.2. The molecule has 0 radical (unpaired) electrons. The molecule has 0 bridgehead atoms. The van der Waals surface area contributed by atoms with Gasteiger partial charge in [0.1, 0.15) is 5.82 Å². The van der Waals surface area contributed by atoms with Crippen LogP contribution in [-0.4, -0.2) is 52.9 Å². The third-order valence-electron chi connectivity index (χ3n) is 4.06. The molecule has 1 N–H and O–H groups in total. The highest BCUT2D eigenvalue weighted by molar-refractivity contribution is 6.30. The molecule has 1 atom stereocenters. The van der Waals surface area contributed by atoms with Gasteiger partial charge in [0.15, 0.2) is 0 Å². The summed E-state index contributed by atoms with van der Waals surface area (Å²) in [4.78, 5) is 14.4. The van der Waals surface area contributed by atoms with Gasteiger partial charge in [-0.2, -0.15) is 5.10 Å². The van der Waals surface area contributed by atoms with Crippen molar-refractivity contribution in [3.63, 3.8) is 0 Å². The van der Waals surface area contributed by atoms with Crippen molar-refractivity contribution in [2.75, 3.05) is 31.6 Å². The SMILES string of the molecule is CC1COCCN1CC(=O)Nc1ccnn1Cc1cccc(Cl)c1. The number of aromatic nitrogens is 2. The molecule has 1 aliphatic heterocycles. The fraction of sp³-hybridized carbons (Fsp3) is 0.412. The van der Waals surface area contributed by atoms with E-state index in [0.717, 1.165) is 12.1 Å². The number of hydrogen-bond donors (Lipinski definition) is 1. The highest BCUT2D eigenvalue weighted by atomic mass is 35.5. The van der Waals surface area contributed by atoms with Gasteiger partial charge in [0.25, 0.3) is 0 Å². The first-order valence-corrected chi connectivity index (χ1v) is 8.37. The number of carbonyl (C=O) groups excluding carboxylic acids is 1. The van der Waals surface area contributed by atoms with Gasteiger partial charge in [-0.05, 0) is 24.6 Å². The topological polar surface area (TPSA) is 59.4 Å². The van der Waals surface area contributed by atoms with Crippen molar-refractivity contribution < 1.29 is 9.53 Å². The van der Waals surface area contributed by atoms with Crippen molar-refractivity contribution in [3.05, 3.63) is 47.1 Å². The number of halogens is 1. The number of ether oxygens (including phenoxy) is 1. The van der Waals surface area contributed by atoms with Crippen molar-refractivity contribution >= 4 is 23.3 Å². The number of amides is 1. The third-order valence-corrected chi connectivity index (χ3v) is 4.29. The molecule has 3 rings (SSSR count). The van der Waals surface area contributed by atoms with Gasteiger partial charge in [0.05, 0.1) is 32.5 Å². The number of carbonyl (C=O) groups is 1. The summed E-state index contributed by atoms with van der Waals surface area (Å²) < 4.78 is 7.15. The molecule has 6 nitrogen and oxygen atoms in total. The molecule has 1 aliphatic rings. The van der Waals surface area contributed by atoms with E-state index in [-0.39, 0.29) is 11.9 Å². The molecule has 1 fully saturated rings. The van der Waals surface area contributed by atoms with Gasteiger partial charge < -0.3 is 10.1 Å². The molecule has 2 aromatic rings. The van der Waals surface area contributed by atoms with Crippen LogP contribution in [0.5, 0.6) is 0 Å². The monoisotopic (exact) mass is 348 g/mol. The molecule has 2 heterocycles. The lowest BCUT2D eigenvalue weighted by Crippen LogP contribution is -2.47. The Morgan fingerprint density at radius 2 is 2.33 bits per heavy atom. The van der Waals surface area contributed by atoms with Gasteiger partial charge in [-0.15, -0.1) is 0 Å². The Kier molecular flexibility index (Phi) is 5.50. The third kappa shape index (κ3) is 4.35. The molecule has 1 aromatic carbocycles. The Morgan fingerprint density at radius 3 is 3.12 bits per heavy atom. The molecular weight excluding hydrogens is 328 g/mol. The van der Waals surface area contributed by atoms with E-state index in [2.05, 4.69) is 22.2 Å². The van der Waals surface area contributed by atoms with Crippen LogP contribution in [0.2, 0.25) is 5.02 Å². The van der Waals surface area contributed by atoms with Gasteiger partial charge in [0.2, 0.25) is 5.91 Å². The number of benzene rings is 1. The first-order chi connectivity index (χ1) is 11.6. The Bertz CT molecular complexity index is 703. The number of hydrogen-bond acceptors (Lipinski definition) is 4. The van der Waals surface area contributed by atoms with Crippen molar-refractivity contribution in [3.8, 4) is 0 Å². The fourth-order valence-electron chi connectivity index (χ4n) is 2.74. The zero-order valence-electron chi connectivity index (χ0n) is 13.6. The van der Waals surface area contributed by atoms with Crippen LogP contribution in [0.1, 0.15) is 12.5 Å². The summed E-state index contributed by atoms with van der Waals surface area (Å²) in [5, 5.41) is 7.91. The standard InChI is InChI=1S/C17H21ClN4O2/c1-13-12-24-8-7-21(13)11-17(23)20-16-5-6-19-22(16)10-14-3-2-4-15(18)9-14/h2-6,9,13H,7-8,10-12H2,1H3,(H,20,23). The number of nitrogens with one attached hydrogen (secondary N) is 1. The van der Waals surface area contributed by atoms with Crippen LogP contribution in [0, 0.1) is 0 Å². The second-order valence-corrected chi connectivity index (χ2v) is 6.38. The van der Waals surface area contributed by atoms with Crippen molar-refractivity contribution in [1.29, 1.82) is 0 Å². The minimum absolute atomic E-state index is 0.0448. The highest BCUT2D eigenvalue weighted by Gasteiger charge is 2.21. The smallest absolute Gasteiger partial charge is 0.239 e. The highest BCUT2D eigenvalue weighted by Crippen LogP contribution is 2.15. The molecule has 7 heteroatoms. The lowest BCUT2D eigenvalue weighted by molar-refractivity contribution is -0.119. The predicted octanol–water partition coefficient (Wildman–Crippen LogP) is 2.24. The molecule has 1 unspecified atom stereocenters. The summed E-state index contributed by atoms with van der Waals surface area (Å²) in [6, 6.07) is 9.66. The Morgan fingerprint density at radius 1 is 1.46 bits per heavy atom. The minimum Gasteiger partial charge on any atom is -0.379 e. The number of rotatable bonds is 5. The zero-order valence-corrected chi connectivity index (χ0v) is 14.4. The molecule has 128 valence electrons. The predicted molar refractivity (Wildman–Crippen MR) is 93.3 cm³/mol. The molecule has 1 amide bonds. The van der Waals surface area contributed by atoms with Crippen molar-refractivity contribution in [2.24, 2.45) is 0 Å². The van der Waals surface area contributed by atoms with E-state index in [9.17, 15) is 4.79 Å². The molecule has 0 spiro atoms. The van der Waals surface area contributed by atoms with Crippen molar-refractivity contribution in [2.45, 2.75) is 19.5 Å².